The average Bonchev–Trinajstić information content (AvgIpc) is 2.79. The summed E-state index contributed by atoms with van der Waals surface area (Å²) < 4.78 is 0. The number of amides is 1. The topological polar surface area (TPSA) is 78.0 Å². The Morgan fingerprint density at radius 3 is 2.83 bits per heavy atom. The van der Waals surface area contributed by atoms with Crippen molar-refractivity contribution >= 4 is 16.8 Å². The molecule has 1 heterocycles. The van der Waals surface area contributed by atoms with Crippen LogP contribution in [0, 0.1) is 5.92 Å². The molecular weight excluding hydrogens is 230 g/mol. The summed E-state index contributed by atoms with van der Waals surface area (Å²) in [5, 5.41) is 19.6. The van der Waals surface area contributed by atoms with E-state index in [0.717, 1.165) is 10.9 Å². The SMILES string of the molecule is CC(C)C(CO)NC(=O)c1n[nH]c2ccccc12. The molecule has 0 bridgehead atoms. The molecule has 0 aliphatic rings. The molecule has 2 rings (SSSR count). The van der Waals surface area contributed by atoms with Crippen LogP contribution in [-0.2, 0) is 0 Å². The highest BCUT2D eigenvalue weighted by Gasteiger charge is 2.19. The molecule has 5 heteroatoms. The van der Waals surface area contributed by atoms with E-state index in [1.807, 2.05) is 38.1 Å². The highest BCUT2D eigenvalue weighted by atomic mass is 16.3. The van der Waals surface area contributed by atoms with Gasteiger partial charge in [0, 0.05) is 5.39 Å². The summed E-state index contributed by atoms with van der Waals surface area (Å²) >= 11 is 0. The van der Waals surface area contributed by atoms with Crippen molar-refractivity contribution in [2.24, 2.45) is 5.92 Å². The fourth-order valence-electron chi connectivity index (χ4n) is 1.80. The maximum absolute atomic E-state index is 12.1. The van der Waals surface area contributed by atoms with Crippen LogP contribution < -0.4 is 5.32 Å². The number of aliphatic hydroxyl groups excluding tert-OH is 1. The Hall–Kier alpha value is -1.88. The van der Waals surface area contributed by atoms with Crippen LogP contribution in [0.25, 0.3) is 10.9 Å². The molecule has 18 heavy (non-hydrogen) atoms. The van der Waals surface area contributed by atoms with Gasteiger partial charge in [-0.05, 0) is 12.0 Å². The molecule has 0 saturated carbocycles. The average molecular weight is 247 g/mol. The van der Waals surface area contributed by atoms with Crippen molar-refractivity contribution in [1.82, 2.24) is 15.5 Å². The lowest BCUT2D eigenvalue weighted by Crippen LogP contribution is -2.41. The van der Waals surface area contributed by atoms with E-state index in [1.54, 1.807) is 0 Å². The number of aromatic nitrogens is 2. The highest BCUT2D eigenvalue weighted by molar-refractivity contribution is 6.04. The van der Waals surface area contributed by atoms with Gasteiger partial charge < -0.3 is 10.4 Å². The Morgan fingerprint density at radius 1 is 1.44 bits per heavy atom. The molecule has 0 saturated heterocycles. The number of rotatable bonds is 4. The van der Waals surface area contributed by atoms with Gasteiger partial charge in [-0.15, -0.1) is 0 Å². The van der Waals surface area contributed by atoms with Crippen molar-refractivity contribution in [3.63, 3.8) is 0 Å². The van der Waals surface area contributed by atoms with Crippen LogP contribution in [0.15, 0.2) is 24.3 Å². The van der Waals surface area contributed by atoms with Crippen LogP contribution in [0.3, 0.4) is 0 Å². The summed E-state index contributed by atoms with van der Waals surface area (Å²) in [5.74, 6) is -0.0932. The van der Waals surface area contributed by atoms with Crippen molar-refractivity contribution in [3.05, 3.63) is 30.0 Å². The first kappa shape index (κ1) is 12.6. The van der Waals surface area contributed by atoms with E-state index in [-0.39, 0.29) is 24.5 Å². The lowest BCUT2D eigenvalue weighted by atomic mass is 10.1. The van der Waals surface area contributed by atoms with Gasteiger partial charge in [-0.2, -0.15) is 5.10 Å². The summed E-state index contributed by atoms with van der Waals surface area (Å²) in [7, 11) is 0. The number of hydrogen-bond acceptors (Lipinski definition) is 3. The van der Waals surface area contributed by atoms with Crippen LogP contribution in [0.1, 0.15) is 24.3 Å². The van der Waals surface area contributed by atoms with Crippen LogP contribution >= 0.6 is 0 Å². The minimum absolute atomic E-state index is 0.0776. The number of H-pyrrole nitrogens is 1. The third-order valence-corrected chi connectivity index (χ3v) is 3.00. The van der Waals surface area contributed by atoms with Crippen molar-refractivity contribution in [2.75, 3.05) is 6.61 Å². The molecule has 96 valence electrons. The number of fused-ring (bicyclic) bond motifs is 1. The predicted octanol–water partition coefficient (Wildman–Crippen LogP) is 1.31. The monoisotopic (exact) mass is 247 g/mol. The van der Waals surface area contributed by atoms with E-state index in [1.165, 1.54) is 0 Å². The largest absolute Gasteiger partial charge is 0.394 e. The van der Waals surface area contributed by atoms with Crippen molar-refractivity contribution in [3.8, 4) is 0 Å². The number of aromatic amines is 1. The number of nitrogens with one attached hydrogen (secondary N) is 2. The van der Waals surface area contributed by atoms with E-state index >= 15 is 0 Å². The van der Waals surface area contributed by atoms with E-state index in [4.69, 9.17) is 0 Å². The molecule has 1 aromatic heterocycles. The quantitative estimate of drug-likeness (QED) is 0.762. The number of carbonyl (C=O) groups excluding carboxylic acids is 1. The first-order chi connectivity index (χ1) is 8.63. The van der Waals surface area contributed by atoms with Crippen molar-refractivity contribution < 1.29 is 9.90 Å². The normalized spacial score (nSPS) is 12.9. The summed E-state index contributed by atoms with van der Waals surface area (Å²) in [6, 6.07) is 7.20. The second kappa shape index (κ2) is 5.18. The summed E-state index contributed by atoms with van der Waals surface area (Å²) in [6.07, 6.45) is 0. The van der Waals surface area contributed by atoms with Crippen LogP contribution in [-0.4, -0.2) is 33.9 Å². The van der Waals surface area contributed by atoms with Crippen LogP contribution in [0.2, 0.25) is 0 Å². The minimum Gasteiger partial charge on any atom is -0.394 e. The number of aliphatic hydroxyl groups is 1. The zero-order chi connectivity index (χ0) is 13.1. The molecule has 0 aliphatic heterocycles. The Bertz CT molecular complexity index is 548. The van der Waals surface area contributed by atoms with Crippen molar-refractivity contribution in [1.29, 1.82) is 0 Å². The van der Waals surface area contributed by atoms with Gasteiger partial charge in [-0.1, -0.05) is 32.0 Å². The van der Waals surface area contributed by atoms with Crippen molar-refractivity contribution in [2.45, 2.75) is 19.9 Å². The highest BCUT2D eigenvalue weighted by Crippen LogP contribution is 2.15. The Labute approximate surface area is 105 Å². The molecule has 0 fully saturated rings. The smallest absolute Gasteiger partial charge is 0.272 e. The lowest BCUT2D eigenvalue weighted by molar-refractivity contribution is 0.0893. The standard InChI is InChI=1S/C13H17N3O2/c1-8(2)11(7-17)14-13(18)12-9-5-3-4-6-10(9)15-16-12/h3-6,8,11,17H,7H2,1-2H3,(H,14,18)(H,15,16). The molecule has 1 atom stereocenters. The molecule has 1 amide bonds. The van der Waals surface area contributed by atoms with Gasteiger partial charge in [0.05, 0.1) is 18.2 Å². The predicted molar refractivity (Wildman–Crippen MR) is 69.3 cm³/mol. The Kier molecular flexibility index (Phi) is 3.62. The molecule has 5 nitrogen and oxygen atoms in total. The second-order valence-corrected chi connectivity index (χ2v) is 4.62. The Balaban J connectivity index is 2.23. The maximum atomic E-state index is 12.1. The summed E-state index contributed by atoms with van der Waals surface area (Å²) in [6.45, 7) is 3.82. The van der Waals surface area contributed by atoms with Gasteiger partial charge >= 0.3 is 0 Å². The van der Waals surface area contributed by atoms with E-state index in [2.05, 4.69) is 15.5 Å². The first-order valence-corrected chi connectivity index (χ1v) is 5.98. The van der Waals surface area contributed by atoms with Crippen LogP contribution in [0.4, 0.5) is 0 Å². The third-order valence-electron chi connectivity index (χ3n) is 3.00. The fourth-order valence-corrected chi connectivity index (χ4v) is 1.80. The number of hydrogen-bond donors (Lipinski definition) is 3. The zero-order valence-corrected chi connectivity index (χ0v) is 10.5. The number of para-hydroxylation sites is 1. The molecule has 0 radical (unpaired) electrons. The number of carbonyl (C=O) groups is 1. The Morgan fingerprint density at radius 2 is 2.17 bits per heavy atom. The first-order valence-electron chi connectivity index (χ1n) is 5.98. The van der Waals surface area contributed by atoms with E-state index < -0.39 is 0 Å². The third kappa shape index (κ3) is 2.36. The summed E-state index contributed by atoms with van der Waals surface area (Å²) in [4.78, 5) is 12.1. The second-order valence-electron chi connectivity index (χ2n) is 4.62. The fraction of sp³-hybridized carbons (Fsp3) is 0.385. The molecule has 1 unspecified atom stereocenters. The van der Waals surface area contributed by atoms with Crippen LogP contribution in [0.5, 0.6) is 0 Å². The van der Waals surface area contributed by atoms with Gasteiger partial charge in [0.15, 0.2) is 5.69 Å². The van der Waals surface area contributed by atoms with Gasteiger partial charge in [0.2, 0.25) is 0 Å². The lowest BCUT2D eigenvalue weighted by Gasteiger charge is -2.19. The number of benzene rings is 1. The molecule has 3 N–H and O–H groups in total. The molecule has 0 aliphatic carbocycles. The molecule has 1 aromatic carbocycles. The molecular formula is C13H17N3O2. The van der Waals surface area contributed by atoms with E-state index in [9.17, 15) is 9.90 Å². The van der Waals surface area contributed by atoms with E-state index in [0.29, 0.717) is 5.69 Å². The van der Waals surface area contributed by atoms with Gasteiger partial charge in [-0.25, -0.2) is 0 Å². The molecule has 2 aromatic rings. The zero-order valence-electron chi connectivity index (χ0n) is 10.5. The number of nitrogens with zero attached hydrogens (tertiary/aromatic N) is 1. The summed E-state index contributed by atoms with van der Waals surface area (Å²) in [5.41, 5.74) is 1.19. The maximum Gasteiger partial charge on any atom is 0.272 e. The molecule has 0 spiro atoms. The van der Waals surface area contributed by atoms with Gasteiger partial charge in [-0.3, -0.25) is 9.89 Å². The van der Waals surface area contributed by atoms with Gasteiger partial charge in [0.1, 0.15) is 0 Å². The minimum atomic E-state index is -0.264. The van der Waals surface area contributed by atoms with Gasteiger partial charge in [0.25, 0.3) is 5.91 Å².